The number of carbonyl (C=O) groups excluding carboxylic acids is 2. The number of carbonyl (C=O) groups is 2. The molecule has 0 aliphatic carbocycles. The molecule has 0 aliphatic rings. The third-order valence-electron chi connectivity index (χ3n) is 2.89. The van der Waals surface area contributed by atoms with Crippen LogP contribution in [0.25, 0.3) is 0 Å². The van der Waals surface area contributed by atoms with Crippen molar-refractivity contribution < 1.29 is 9.59 Å². The summed E-state index contributed by atoms with van der Waals surface area (Å²) in [7, 11) is 0. The Balaban J connectivity index is 1.90. The van der Waals surface area contributed by atoms with Crippen molar-refractivity contribution >= 4 is 23.2 Å². The molecule has 2 N–H and O–H groups in total. The predicted molar refractivity (Wildman–Crippen MR) is 84.2 cm³/mol. The van der Waals surface area contributed by atoms with Crippen LogP contribution in [-0.4, -0.2) is 11.8 Å². The third-order valence-corrected chi connectivity index (χ3v) is 3.76. The van der Waals surface area contributed by atoms with Gasteiger partial charge in [0.2, 0.25) is 0 Å². The van der Waals surface area contributed by atoms with Gasteiger partial charge in [-0.2, -0.15) is 0 Å². The fourth-order valence-electron chi connectivity index (χ4n) is 1.92. The second-order valence-electron chi connectivity index (χ2n) is 5.18. The number of thiophene rings is 1. The summed E-state index contributed by atoms with van der Waals surface area (Å²) >= 11 is 1.32. The molecule has 0 bridgehead atoms. The van der Waals surface area contributed by atoms with Gasteiger partial charge in [0.1, 0.15) is 0 Å². The van der Waals surface area contributed by atoms with E-state index < -0.39 is 0 Å². The number of rotatable bonds is 4. The summed E-state index contributed by atoms with van der Waals surface area (Å²) in [5.74, 6) is -0.0551. The highest BCUT2D eigenvalue weighted by molar-refractivity contribution is 7.12. The fourth-order valence-corrected chi connectivity index (χ4v) is 2.54. The van der Waals surface area contributed by atoms with E-state index in [0.717, 1.165) is 6.42 Å². The van der Waals surface area contributed by atoms with E-state index in [1.54, 1.807) is 24.3 Å². The molecule has 0 saturated heterocycles. The first-order chi connectivity index (χ1) is 10.1. The molecule has 2 aromatic rings. The minimum absolute atomic E-state index is 0.310. The Morgan fingerprint density at radius 3 is 2.29 bits per heavy atom. The molecule has 1 aromatic carbocycles. The van der Waals surface area contributed by atoms with Gasteiger partial charge in [0.15, 0.2) is 0 Å². The van der Waals surface area contributed by atoms with E-state index >= 15 is 0 Å². The van der Waals surface area contributed by atoms with Gasteiger partial charge in [0.05, 0.1) is 4.88 Å². The summed E-state index contributed by atoms with van der Waals surface area (Å²) in [6.45, 7) is 4.31. The van der Waals surface area contributed by atoms with Crippen molar-refractivity contribution in [3.05, 3.63) is 57.8 Å². The van der Waals surface area contributed by atoms with Crippen molar-refractivity contribution in [2.45, 2.75) is 20.3 Å². The molecular weight excluding hydrogens is 284 g/mol. The minimum atomic E-state index is -0.323. The summed E-state index contributed by atoms with van der Waals surface area (Å²) in [6.07, 6.45) is 0.983. The molecule has 2 amide bonds. The van der Waals surface area contributed by atoms with Gasteiger partial charge < -0.3 is 0 Å². The van der Waals surface area contributed by atoms with Crippen molar-refractivity contribution in [1.29, 1.82) is 0 Å². The number of nitrogens with one attached hydrogen (secondary N) is 2. The van der Waals surface area contributed by atoms with E-state index in [1.807, 2.05) is 17.5 Å². The van der Waals surface area contributed by atoms with E-state index in [9.17, 15) is 9.59 Å². The lowest BCUT2D eigenvalue weighted by molar-refractivity contribution is 0.0849. The standard InChI is InChI=1S/C16H18N2O2S/c1-11(2)10-12-5-7-13(8-6-12)15(19)17-18-16(20)14-4-3-9-21-14/h3-9,11H,10H2,1-2H3,(H,17,19)(H,18,20). The van der Waals surface area contributed by atoms with Crippen molar-refractivity contribution in [3.63, 3.8) is 0 Å². The Morgan fingerprint density at radius 1 is 1.05 bits per heavy atom. The van der Waals surface area contributed by atoms with Crippen LogP contribution in [0.2, 0.25) is 0 Å². The Morgan fingerprint density at radius 2 is 1.71 bits per heavy atom. The maximum absolute atomic E-state index is 11.9. The van der Waals surface area contributed by atoms with E-state index in [1.165, 1.54) is 16.9 Å². The topological polar surface area (TPSA) is 58.2 Å². The maximum atomic E-state index is 11.9. The largest absolute Gasteiger partial charge is 0.279 e. The van der Waals surface area contributed by atoms with E-state index in [4.69, 9.17) is 0 Å². The van der Waals surface area contributed by atoms with Gasteiger partial charge in [-0.1, -0.05) is 32.0 Å². The van der Waals surface area contributed by atoms with Gasteiger partial charge >= 0.3 is 0 Å². The lowest BCUT2D eigenvalue weighted by Crippen LogP contribution is -2.41. The van der Waals surface area contributed by atoms with E-state index in [-0.39, 0.29) is 11.8 Å². The van der Waals surface area contributed by atoms with Gasteiger partial charge in [-0.3, -0.25) is 20.4 Å². The first kappa shape index (κ1) is 15.3. The first-order valence-electron chi connectivity index (χ1n) is 6.79. The van der Waals surface area contributed by atoms with Crippen molar-refractivity contribution in [2.75, 3.05) is 0 Å². The second kappa shape index (κ2) is 7.04. The molecule has 0 spiro atoms. The average molecular weight is 302 g/mol. The molecule has 21 heavy (non-hydrogen) atoms. The van der Waals surface area contributed by atoms with Crippen LogP contribution in [0, 0.1) is 5.92 Å². The maximum Gasteiger partial charge on any atom is 0.279 e. The van der Waals surface area contributed by atoms with Gasteiger partial charge in [0.25, 0.3) is 11.8 Å². The molecule has 0 saturated carbocycles. The predicted octanol–water partition coefficient (Wildman–Crippen LogP) is 3.02. The van der Waals surface area contributed by atoms with Crippen LogP contribution >= 0.6 is 11.3 Å². The first-order valence-corrected chi connectivity index (χ1v) is 7.67. The Bertz CT molecular complexity index is 604. The summed E-state index contributed by atoms with van der Waals surface area (Å²) in [5.41, 5.74) is 6.54. The highest BCUT2D eigenvalue weighted by Gasteiger charge is 2.09. The Labute approximate surface area is 128 Å². The molecule has 1 heterocycles. The second-order valence-corrected chi connectivity index (χ2v) is 6.13. The lowest BCUT2D eigenvalue weighted by atomic mass is 10.0. The van der Waals surface area contributed by atoms with Crippen LogP contribution < -0.4 is 10.9 Å². The zero-order valence-corrected chi connectivity index (χ0v) is 12.9. The smallest absolute Gasteiger partial charge is 0.267 e. The lowest BCUT2D eigenvalue weighted by Gasteiger charge is -2.08. The molecule has 0 atom stereocenters. The van der Waals surface area contributed by atoms with Crippen molar-refractivity contribution in [2.24, 2.45) is 5.92 Å². The van der Waals surface area contributed by atoms with E-state index in [0.29, 0.717) is 16.4 Å². The number of hydrogen-bond donors (Lipinski definition) is 2. The molecule has 5 heteroatoms. The molecule has 2 rings (SSSR count). The van der Waals surface area contributed by atoms with E-state index in [2.05, 4.69) is 24.7 Å². The summed E-state index contributed by atoms with van der Waals surface area (Å²) < 4.78 is 0. The van der Waals surface area contributed by atoms with Crippen molar-refractivity contribution in [3.8, 4) is 0 Å². The summed E-state index contributed by atoms with van der Waals surface area (Å²) in [6, 6.07) is 10.9. The molecule has 0 unspecified atom stereocenters. The molecule has 1 aromatic heterocycles. The fraction of sp³-hybridized carbons (Fsp3) is 0.250. The van der Waals surface area contributed by atoms with Gasteiger partial charge in [-0.25, -0.2) is 0 Å². The number of amides is 2. The SMILES string of the molecule is CC(C)Cc1ccc(C(=O)NNC(=O)c2cccs2)cc1. The molecule has 0 fully saturated rings. The number of hydrogen-bond acceptors (Lipinski definition) is 3. The molecule has 0 radical (unpaired) electrons. The van der Waals surface area contributed by atoms with Gasteiger partial charge in [0, 0.05) is 5.56 Å². The number of benzene rings is 1. The summed E-state index contributed by atoms with van der Waals surface area (Å²) in [4.78, 5) is 24.2. The zero-order valence-electron chi connectivity index (χ0n) is 12.1. The molecule has 110 valence electrons. The normalized spacial score (nSPS) is 10.4. The van der Waals surface area contributed by atoms with Gasteiger partial charge in [-0.05, 0) is 41.5 Å². The van der Waals surface area contributed by atoms with Crippen LogP contribution in [0.3, 0.4) is 0 Å². The quantitative estimate of drug-likeness (QED) is 0.853. The van der Waals surface area contributed by atoms with Crippen molar-refractivity contribution in [1.82, 2.24) is 10.9 Å². The molecule has 4 nitrogen and oxygen atoms in total. The van der Waals surface area contributed by atoms with Crippen LogP contribution in [0.5, 0.6) is 0 Å². The van der Waals surface area contributed by atoms with Gasteiger partial charge in [-0.15, -0.1) is 11.3 Å². The van der Waals surface area contributed by atoms with Crippen LogP contribution in [0.15, 0.2) is 41.8 Å². The highest BCUT2D eigenvalue weighted by Crippen LogP contribution is 2.10. The van der Waals surface area contributed by atoms with Crippen LogP contribution in [0.1, 0.15) is 39.4 Å². The molecular formula is C16H18N2O2S. The Hall–Kier alpha value is -2.14. The van der Waals surface area contributed by atoms with Crippen LogP contribution in [-0.2, 0) is 6.42 Å². The Kier molecular flexibility index (Phi) is 5.11. The summed E-state index contributed by atoms with van der Waals surface area (Å²) in [5, 5.41) is 1.81. The monoisotopic (exact) mass is 302 g/mol. The number of hydrazine groups is 1. The average Bonchev–Trinajstić information content (AvgIpc) is 2.99. The minimum Gasteiger partial charge on any atom is -0.267 e. The van der Waals surface area contributed by atoms with Crippen LogP contribution in [0.4, 0.5) is 0 Å². The zero-order chi connectivity index (χ0) is 15.2. The highest BCUT2D eigenvalue weighted by atomic mass is 32.1. The molecule has 0 aliphatic heterocycles. The third kappa shape index (κ3) is 4.43.